The summed E-state index contributed by atoms with van der Waals surface area (Å²) in [5.41, 5.74) is 0. The van der Waals surface area contributed by atoms with Gasteiger partial charge >= 0.3 is 17.9 Å². The van der Waals surface area contributed by atoms with Gasteiger partial charge in [0, 0.05) is 19.3 Å². The van der Waals surface area contributed by atoms with E-state index in [0.717, 1.165) is 128 Å². The van der Waals surface area contributed by atoms with Gasteiger partial charge in [-0.25, -0.2) is 0 Å². The normalized spacial score (nSPS) is 12.9. The quantitative estimate of drug-likeness (QED) is 0.0261. The zero-order valence-electron chi connectivity index (χ0n) is 54.4. The Kier molecular flexibility index (Phi) is 66.7. The van der Waals surface area contributed by atoms with Crippen molar-refractivity contribution in [1.82, 2.24) is 0 Å². The third kappa shape index (κ3) is 68.5. The Balaban J connectivity index is 4.40. The standard InChI is InChI=1S/C77H130O6/c1-4-7-10-13-16-19-22-25-28-31-34-36-37-38-39-41-43-46-49-52-55-58-61-64-67-70-76(79)82-73-74(72-81-75(78)69-66-63-60-57-54-51-48-45-42-33-30-27-24-21-18-15-12-9-6-3)83-77(80)71-68-65-62-59-56-53-50-47-44-40-35-32-29-26-23-20-17-14-11-8-5-2/h7,9-10,12,16,18-19,21,23,25-28,30,32,34-36,42,45,74H,4-6,8,11,13-15,17,20,22,24,29,31,33,37-41,43-44,46-73H2,1-3H3/b10-7-,12-9-,19-16-,21-18-,26-23-,28-25-,30-27-,35-32-,36-34-,45-42-. The van der Waals surface area contributed by atoms with Gasteiger partial charge in [-0.2, -0.15) is 0 Å². The van der Waals surface area contributed by atoms with Gasteiger partial charge in [-0.1, -0.05) is 303 Å². The molecule has 0 aromatic heterocycles. The molecule has 474 valence electrons. The molecule has 0 amide bonds. The number of rotatable bonds is 63. The Labute approximate surface area is 513 Å². The minimum absolute atomic E-state index is 0.0863. The van der Waals surface area contributed by atoms with Gasteiger partial charge in [-0.05, 0) is 128 Å². The average molecular weight is 1150 g/mol. The van der Waals surface area contributed by atoms with Crippen molar-refractivity contribution in [2.45, 2.75) is 335 Å². The lowest BCUT2D eigenvalue weighted by atomic mass is 10.0. The number of carbonyl (C=O) groups is 3. The summed E-state index contributed by atoms with van der Waals surface area (Å²) in [7, 11) is 0. The van der Waals surface area contributed by atoms with E-state index in [1.807, 2.05) is 0 Å². The minimum Gasteiger partial charge on any atom is -0.462 e. The highest BCUT2D eigenvalue weighted by Crippen LogP contribution is 2.17. The molecule has 0 heterocycles. The Morgan fingerprint density at radius 1 is 0.253 bits per heavy atom. The summed E-state index contributed by atoms with van der Waals surface area (Å²) in [6.07, 6.45) is 97.8. The van der Waals surface area contributed by atoms with Crippen LogP contribution in [-0.4, -0.2) is 37.2 Å². The summed E-state index contributed by atoms with van der Waals surface area (Å²) in [6, 6.07) is 0. The molecule has 0 aliphatic carbocycles. The predicted octanol–water partition coefficient (Wildman–Crippen LogP) is 24.3. The van der Waals surface area contributed by atoms with Crippen LogP contribution in [0.5, 0.6) is 0 Å². The monoisotopic (exact) mass is 1150 g/mol. The van der Waals surface area contributed by atoms with Crippen molar-refractivity contribution in [2.75, 3.05) is 13.2 Å². The smallest absolute Gasteiger partial charge is 0.306 e. The van der Waals surface area contributed by atoms with Crippen LogP contribution in [0.3, 0.4) is 0 Å². The zero-order valence-corrected chi connectivity index (χ0v) is 54.4. The summed E-state index contributed by atoms with van der Waals surface area (Å²) < 4.78 is 17.0. The summed E-state index contributed by atoms with van der Waals surface area (Å²) in [5.74, 6) is -0.895. The third-order valence-corrected chi connectivity index (χ3v) is 14.9. The molecule has 1 unspecified atom stereocenters. The summed E-state index contributed by atoms with van der Waals surface area (Å²) in [6.45, 7) is 6.42. The molecule has 0 radical (unpaired) electrons. The topological polar surface area (TPSA) is 78.9 Å². The van der Waals surface area contributed by atoms with E-state index in [0.29, 0.717) is 19.3 Å². The second-order valence-corrected chi connectivity index (χ2v) is 23.0. The Morgan fingerprint density at radius 2 is 0.470 bits per heavy atom. The highest BCUT2D eigenvalue weighted by molar-refractivity contribution is 5.71. The Hall–Kier alpha value is -4.19. The van der Waals surface area contributed by atoms with Gasteiger partial charge in [-0.3, -0.25) is 14.4 Å². The van der Waals surface area contributed by atoms with Crippen molar-refractivity contribution >= 4 is 17.9 Å². The first-order valence-corrected chi connectivity index (χ1v) is 35.0. The molecule has 0 bridgehead atoms. The first-order valence-electron chi connectivity index (χ1n) is 35.0. The molecule has 0 aromatic rings. The minimum atomic E-state index is -0.793. The molecule has 83 heavy (non-hydrogen) atoms. The number of hydrogen-bond acceptors (Lipinski definition) is 6. The second-order valence-electron chi connectivity index (χ2n) is 23.0. The van der Waals surface area contributed by atoms with E-state index >= 15 is 0 Å². The molecule has 0 aliphatic rings. The molecule has 0 aromatic carbocycles. The van der Waals surface area contributed by atoms with E-state index in [2.05, 4.69) is 142 Å². The number of esters is 3. The summed E-state index contributed by atoms with van der Waals surface area (Å²) in [4.78, 5) is 38.5. The Morgan fingerprint density at radius 3 is 0.735 bits per heavy atom. The van der Waals surface area contributed by atoms with Crippen LogP contribution < -0.4 is 0 Å². The molecule has 0 rings (SSSR count). The van der Waals surface area contributed by atoms with E-state index in [1.54, 1.807) is 0 Å². The Bertz CT molecular complexity index is 1700. The van der Waals surface area contributed by atoms with Crippen LogP contribution in [0.4, 0.5) is 0 Å². The van der Waals surface area contributed by atoms with E-state index in [1.165, 1.54) is 161 Å². The van der Waals surface area contributed by atoms with Crippen LogP contribution in [0.2, 0.25) is 0 Å². The van der Waals surface area contributed by atoms with Crippen LogP contribution in [0.15, 0.2) is 122 Å². The first-order chi connectivity index (χ1) is 41.0. The molecule has 0 spiro atoms. The molecule has 0 fully saturated rings. The van der Waals surface area contributed by atoms with Crippen LogP contribution in [0.25, 0.3) is 0 Å². The van der Waals surface area contributed by atoms with E-state index < -0.39 is 6.10 Å². The first kappa shape index (κ1) is 78.8. The number of unbranched alkanes of at least 4 members (excludes halogenated alkanes) is 32. The third-order valence-electron chi connectivity index (χ3n) is 14.9. The lowest BCUT2D eigenvalue weighted by Gasteiger charge is -2.18. The van der Waals surface area contributed by atoms with Crippen LogP contribution in [0, 0.1) is 0 Å². The van der Waals surface area contributed by atoms with Crippen molar-refractivity contribution in [1.29, 1.82) is 0 Å². The van der Waals surface area contributed by atoms with Crippen LogP contribution >= 0.6 is 0 Å². The molecule has 0 saturated carbocycles. The van der Waals surface area contributed by atoms with Gasteiger partial charge in [0.25, 0.3) is 0 Å². The number of carbonyl (C=O) groups excluding carboxylic acids is 3. The molecule has 0 aliphatic heterocycles. The number of allylic oxidation sites excluding steroid dienone is 20. The number of ether oxygens (including phenoxy) is 3. The van der Waals surface area contributed by atoms with Gasteiger partial charge < -0.3 is 14.2 Å². The van der Waals surface area contributed by atoms with Gasteiger partial charge in [0.05, 0.1) is 0 Å². The zero-order chi connectivity index (χ0) is 59.9. The fraction of sp³-hybridized carbons (Fsp3) is 0.701. The molecular weight excluding hydrogens is 1020 g/mol. The SMILES string of the molecule is CC/C=C\C/C=C\C/C=C\C/C=C\CCCCCCCCCCCCCCC(=O)OCC(COC(=O)CCCCCCCC/C=C\C/C=C\C/C=C\C/C=C\CC)OC(=O)CCCCCCCCCCC/C=C\C/C=C\CCCCCCC. The van der Waals surface area contributed by atoms with Gasteiger partial charge in [0.1, 0.15) is 13.2 Å². The van der Waals surface area contributed by atoms with Crippen LogP contribution in [0.1, 0.15) is 329 Å². The maximum absolute atomic E-state index is 13.0. The molecule has 1 atom stereocenters. The fourth-order valence-electron chi connectivity index (χ4n) is 9.75. The van der Waals surface area contributed by atoms with Crippen molar-refractivity contribution < 1.29 is 28.6 Å². The van der Waals surface area contributed by atoms with E-state index in [4.69, 9.17) is 14.2 Å². The summed E-state index contributed by atoms with van der Waals surface area (Å²) >= 11 is 0. The van der Waals surface area contributed by atoms with Crippen molar-refractivity contribution in [3.8, 4) is 0 Å². The van der Waals surface area contributed by atoms with E-state index in [9.17, 15) is 14.4 Å². The maximum atomic E-state index is 13.0. The highest BCUT2D eigenvalue weighted by Gasteiger charge is 2.19. The van der Waals surface area contributed by atoms with Gasteiger partial charge in [0.2, 0.25) is 0 Å². The van der Waals surface area contributed by atoms with Gasteiger partial charge in [-0.15, -0.1) is 0 Å². The predicted molar refractivity (Wildman–Crippen MR) is 362 cm³/mol. The number of hydrogen-bond donors (Lipinski definition) is 0. The molecular formula is C77H130O6. The van der Waals surface area contributed by atoms with Crippen molar-refractivity contribution in [2.24, 2.45) is 0 Å². The highest BCUT2D eigenvalue weighted by atomic mass is 16.6. The summed E-state index contributed by atoms with van der Waals surface area (Å²) in [5, 5.41) is 0. The van der Waals surface area contributed by atoms with Crippen molar-refractivity contribution in [3.63, 3.8) is 0 Å². The molecule has 6 nitrogen and oxygen atoms in total. The average Bonchev–Trinajstić information content (AvgIpc) is 3.50. The lowest BCUT2D eigenvalue weighted by Crippen LogP contribution is -2.30. The van der Waals surface area contributed by atoms with Crippen LogP contribution in [-0.2, 0) is 28.6 Å². The fourth-order valence-corrected chi connectivity index (χ4v) is 9.75. The lowest BCUT2D eigenvalue weighted by molar-refractivity contribution is -0.167. The van der Waals surface area contributed by atoms with Crippen molar-refractivity contribution in [3.05, 3.63) is 122 Å². The maximum Gasteiger partial charge on any atom is 0.306 e. The largest absolute Gasteiger partial charge is 0.462 e. The molecule has 0 saturated heterocycles. The molecule has 0 N–H and O–H groups in total. The second kappa shape index (κ2) is 70.3. The van der Waals surface area contributed by atoms with E-state index in [-0.39, 0.29) is 31.1 Å². The molecule has 6 heteroatoms. The van der Waals surface area contributed by atoms with Gasteiger partial charge in [0.15, 0.2) is 6.10 Å².